The number of carbonyl (C=O) groups excluding carboxylic acids is 2. The summed E-state index contributed by atoms with van der Waals surface area (Å²) < 4.78 is 10.7. The number of hydrogen-bond donors (Lipinski definition) is 1. The lowest BCUT2D eigenvalue weighted by atomic mass is 10.0. The van der Waals surface area contributed by atoms with E-state index in [0.29, 0.717) is 12.8 Å². The van der Waals surface area contributed by atoms with Gasteiger partial charge in [-0.1, -0.05) is 309 Å². The molecule has 0 saturated heterocycles. The van der Waals surface area contributed by atoms with E-state index >= 15 is 0 Å². The van der Waals surface area contributed by atoms with Gasteiger partial charge in [0.25, 0.3) is 0 Å². The molecule has 0 heterocycles. The standard InChI is InChI=1S/C71H122O5/c1-3-5-7-9-11-13-15-17-19-21-23-25-26-27-28-29-30-31-32-33-34-35-36-37-38-39-40-41-42-43-44-46-48-50-52-54-56-58-60-62-64-66-71(74)76-69(67-72)68-75-70(73)65-63-61-59-57-55-53-51-49-47-45-24-22-20-18-16-14-12-10-8-6-4-2/h5-8,11-14,17-20,23-25,27-28,45,69,72H,3-4,9-10,15-16,21-22,26,29-44,46-68H2,1-2H3/b7-5-,8-6-,13-11-,14-12-,19-17-,20-18-,25-23-,28-27-,45-24-. The first-order chi connectivity index (χ1) is 37.6. The third-order valence-corrected chi connectivity index (χ3v) is 14.1. The van der Waals surface area contributed by atoms with Gasteiger partial charge in [0.2, 0.25) is 0 Å². The van der Waals surface area contributed by atoms with Crippen LogP contribution in [0.15, 0.2) is 109 Å². The number of aliphatic hydroxyl groups excluding tert-OH is 1. The van der Waals surface area contributed by atoms with Crippen molar-refractivity contribution in [2.24, 2.45) is 0 Å². The summed E-state index contributed by atoms with van der Waals surface area (Å²) in [5, 5.41) is 9.68. The predicted molar refractivity (Wildman–Crippen MR) is 334 cm³/mol. The zero-order chi connectivity index (χ0) is 54.8. The highest BCUT2D eigenvalue weighted by Gasteiger charge is 2.16. The van der Waals surface area contributed by atoms with Crippen LogP contribution in [0.1, 0.15) is 309 Å². The van der Waals surface area contributed by atoms with Crippen molar-refractivity contribution in [1.82, 2.24) is 0 Å². The summed E-state index contributed by atoms with van der Waals surface area (Å²) in [6, 6.07) is 0. The number of carbonyl (C=O) groups is 2. The molecule has 76 heavy (non-hydrogen) atoms. The average Bonchev–Trinajstić information content (AvgIpc) is 3.42. The van der Waals surface area contributed by atoms with Crippen molar-refractivity contribution in [3.05, 3.63) is 109 Å². The van der Waals surface area contributed by atoms with Gasteiger partial charge in [0.1, 0.15) is 6.61 Å². The number of hydrogen-bond acceptors (Lipinski definition) is 5. The Labute approximate surface area is 471 Å². The normalized spacial score (nSPS) is 12.9. The molecular weight excluding hydrogens is 933 g/mol. The Hall–Kier alpha value is -3.44. The summed E-state index contributed by atoms with van der Waals surface area (Å²) in [5.74, 6) is -0.591. The fourth-order valence-corrected chi connectivity index (χ4v) is 9.28. The molecule has 0 aliphatic rings. The van der Waals surface area contributed by atoms with E-state index in [0.717, 1.165) is 103 Å². The van der Waals surface area contributed by atoms with Gasteiger partial charge in [0.15, 0.2) is 6.10 Å². The van der Waals surface area contributed by atoms with Crippen molar-refractivity contribution in [1.29, 1.82) is 0 Å². The molecule has 0 saturated carbocycles. The Bertz CT molecular complexity index is 1470. The Balaban J connectivity index is 3.43. The van der Waals surface area contributed by atoms with Gasteiger partial charge in [-0.3, -0.25) is 9.59 Å². The minimum absolute atomic E-state index is 0.0712. The summed E-state index contributed by atoms with van der Waals surface area (Å²) in [4.78, 5) is 24.6. The van der Waals surface area contributed by atoms with Crippen LogP contribution in [0.2, 0.25) is 0 Å². The van der Waals surface area contributed by atoms with Crippen LogP contribution < -0.4 is 0 Å². The van der Waals surface area contributed by atoms with Crippen LogP contribution in [-0.2, 0) is 19.1 Å². The molecule has 0 fully saturated rings. The van der Waals surface area contributed by atoms with Crippen molar-refractivity contribution in [3.63, 3.8) is 0 Å². The smallest absolute Gasteiger partial charge is 0.306 e. The van der Waals surface area contributed by atoms with Crippen LogP contribution >= 0.6 is 0 Å². The Kier molecular flexibility index (Phi) is 62.9. The zero-order valence-corrected chi connectivity index (χ0v) is 50.0. The molecule has 0 aromatic carbocycles. The molecule has 0 radical (unpaired) electrons. The van der Waals surface area contributed by atoms with Gasteiger partial charge in [-0.25, -0.2) is 0 Å². The topological polar surface area (TPSA) is 72.8 Å². The number of rotatable bonds is 59. The molecule has 0 aliphatic carbocycles. The molecule has 5 nitrogen and oxygen atoms in total. The van der Waals surface area contributed by atoms with Crippen LogP contribution in [0.5, 0.6) is 0 Å². The Morgan fingerprint density at radius 1 is 0.303 bits per heavy atom. The maximum absolute atomic E-state index is 12.3. The molecular formula is C71H122O5. The van der Waals surface area contributed by atoms with Gasteiger partial charge >= 0.3 is 11.9 Å². The lowest BCUT2D eigenvalue weighted by Gasteiger charge is -2.15. The summed E-state index contributed by atoms with van der Waals surface area (Å²) in [7, 11) is 0. The molecule has 1 unspecified atom stereocenters. The SMILES string of the molecule is CC/C=C\C/C=C\C/C=C\C/C=C\C/C=C\CCCCCCCCCCCCCCCCCCCCCCCCCCCC(=O)OC(CO)COC(=O)CCCCCCCCCC/C=C\C/C=C\C/C=C\C/C=C\CC. The first-order valence-electron chi connectivity index (χ1n) is 32.4. The van der Waals surface area contributed by atoms with Crippen LogP contribution in [0, 0.1) is 0 Å². The van der Waals surface area contributed by atoms with E-state index < -0.39 is 6.10 Å². The Morgan fingerprint density at radius 3 is 0.789 bits per heavy atom. The van der Waals surface area contributed by atoms with E-state index in [9.17, 15) is 14.7 Å². The summed E-state index contributed by atoms with van der Waals surface area (Å²) in [6.07, 6.45) is 95.4. The highest BCUT2D eigenvalue weighted by Crippen LogP contribution is 2.17. The molecule has 0 aliphatic heterocycles. The number of aliphatic hydroxyl groups is 1. The lowest BCUT2D eigenvalue weighted by Crippen LogP contribution is -2.28. The van der Waals surface area contributed by atoms with Crippen molar-refractivity contribution in [2.75, 3.05) is 13.2 Å². The van der Waals surface area contributed by atoms with Crippen molar-refractivity contribution >= 4 is 11.9 Å². The van der Waals surface area contributed by atoms with Gasteiger partial charge in [-0.05, 0) is 96.3 Å². The summed E-state index contributed by atoms with van der Waals surface area (Å²) in [5.41, 5.74) is 0. The maximum atomic E-state index is 12.3. The van der Waals surface area contributed by atoms with Gasteiger partial charge in [0, 0.05) is 12.8 Å². The zero-order valence-electron chi connectivity index (χ0n) is 50.0. The minimum atomic E-state index is -0.780. The number of allylic oxidation sites excluding steroid dienone is 18. The molecule has 0 bridgehead atoms. The van der Waals surface area contributed by atoms with Crippen LogP contribution in [0.3, 0.4) is 0 Å². The second-order valence-corrected chi connectivity index (χ2v) is 21.4. The van der Waals surface area contributed by atoms with E-state index in [1.807, 2.05) is 0 Å². The fraction of sp³-hybridized carbons (Fsp3) is 0.718. The Morgan fingerprint density at radius 2 is 0.526 bits per heavy atom. The van der Waals surface area contributed by atoms with Crippen molar-refractivity contribution < 1.29 is 24.2 Å². The van der Waals surface area contributed by atoms with Crippen molar-refractivity contribution in [2.45, 2.75) is 315 Å². The molecule has 0 aromatic heterocycles. The highest BCUT2D eigenvalue weighted by atomic mass is 16.6. The predicted octanol–water partition coefficient (Wildman–Crippen LogP) is 22.4. The van der Waals surface area contributed by atoms with Gasteiger partial charge in [0.05, 0.1) is 6.61 Å². The quantitative estimate of drug-likeness (QED) is 0.0373. The number of esters is 2. The fourth-order valence-electron chi connectivity index (χ4n) is 9.28. The van der Waals surface area contributed by atoms with Crippen LogP contribution in [-0.4, -0.2) is 36.4 Å². The van der Waals surface area contributed by atoms with Gasteiger partial charge in [-0.2, -0.15) is 0 Å². The van der Waals surface area contributed by atoms with E-state index in [2.05, 4.69) is 123 Å². The maximum Gasteiger partial charge on any atom is 0.306 e. The third-order valence-electron chi connectivity index (χ3n) is 14.1. The highest BCUT2D eigenvalue weighted by molar-refractivity contribution is 5.70. The summed E-state index contributed by atoms with van der Waals surface area (Å²) in [6.45, 7) is 3.93. The van der Waals surface area contributed by atoms with Gasteiger partial charge in [-0.15, -0.1) is 0 Å². The molecule has 0 aromatic rings. The van der Waals surface area contributed by atoms with Crippen LogP contribution in [0.4, 0.5) is 0 Å². The first-order valence-corrected chi connectivity index (χ1v) is 32.4. The summed E-state index contributed by atoms with van der Waals surface area (Å²) >= 11 is 0. The van der Waals surface area contributed by atoms with Crippen LogP contribution in [0.25, 0.3) is 0 Å². The minimum Gasteiger partial charge on any atom is -0.462 e. The van der Waals surface area contributed by atoms with E-state index in [-0.39, 0.29) is 25.2 Å². The molecule has 0 amide bonds. The van der Waals surface area contributed by atoms with E-state index in [4.69, 9.17) is 9.47 Å². The monoisotopic (exact) mass is 1050 g/mol. The largest absolute Gasteiger partial charge is 0.462 e. The molecule has 1 N–H and O–H groups in total. The number of unbranched alkanes of at least 4 members (excludes halogenated alkanes) is 33. The number of ether oxygens (including phenoxy) is 2. The molecule has 1 atom stereocenters. The first kappa shape index (κ1) is 72.6. The second kappa shape index (κ2) is 65.8. The molecule has 0 rings (SSSR count). The second-order valence-electron chi connectivity index (χ2n) is 21.4. The van der Waals surface area contributed by atoms with Gasteiger partial charge < -0.3 is 14.6 Å². The third kappa shape index (κ3) is 63.1. The van der Waals surface area contributed by atoms with E-state index in [1.165, 1.54) is 180 Å². The molecule has 436 valence electrons. The lowest BCUT2D eigenvalue weighted by molar-refractivity contribution is -0.161. The molecule has 0 spiro atoms. The van der Waals surface area contributed by atoms with E-state index in [1.54, 1.807) is 0 Å². The molecule has 5 heteroatoms. The average molecular weight is 1060 g/mol. The van der Waals surface area contributed by atoms with Crippen molar-refractivity contribution in [3.8, 4) is 0 Å².